The van der Waals surface area contributed by atoms with Crippen molar-refractivity contribution in [1.29, 1.82) is 0 Å². The van der Waals surface area contributed by atoms with Crippen LogP contribution in [0.15, 0.2) is 24.3 Å². The average molecular weight is 387 g/mol. The first kappa shape index (κ1) is 19.9. The Morgan fingerprint density at radius 3 is 2.43 bits per heavy atom. The van der Waals surface area contributed by atoms with Crippen LogP contribution in [0.25, 0.3) is 0 Å². The number of hydrogen-bond donors (Lipinski definition) is 1. The number of hydrogen-bond acceptors (Lipinski definition) is 5. The van der Waals surface area contributed by atoms with Crippen LogP contribution in [0.1, 0.15) is 25.7 Å². The number of carbonyl (C=O) groups is 4. The van der Waals surface area contributed by atoms with E-state index in [-0.39, 0.29) is 42.6 Å². The monoisotopic (exact) mass is 387 g/mol. The molecule has 2 unspecified atom stereocenters. The third-order valence-electron chi connectivity index (χ3n) is 5.39. The molecule has 0 aromatic heterocycles. The highest BCUT2D eigenvalue weighted by Gasteiger charge is 2.48. The highest BCUT2D eigenvalue weighted by Crippen LogP contribution is 2.37. The number of ether oxygens (including phenoxy) is 1. The maximum absolute atomic E-state index is 12.5. The molecular weight excluding hydrogens is 362 g/mol. The lowest BCUT2D eigenvalue weighted by Crippen LogP contribution is -2.44. The summed E-state index contributed by atoms with van der Waals surface area (Å²) in [6, 6.07) is 6.88. The second-order valence-corrected chi connectivity index (χ2v) is 7.29. The number of rotatable bonds is 6. The summed E-state index contributed by atoms with van der Waals surface area (Å²) < 4.78 is 5.11. The third kappa shape index (κ3) is 4.16. The van der Waals surface area contributed by atoms with Gasteiger partial charge in [-0.2, -0.15) is 0 Å². The summed E-state index contributed by atoms with van der Waals surface area (Å²) >= 11 is 0. The summed E-state index contributed by atoms with van der Waals surface area (Å²) in [5.74, 6) is -1.28. The number of likely N-dealkylation sites (N-methyl/N-ethyl adjacent to an activating group) is 1. The van der Waals surface area contributed by atoms with E-state index in [1.54, 1.807) is 24.3 Å². The van der Waals surface area contributed by atoms with Crippen molar-refractivity contribution in [2.75, 3.05) is 32.6 Å². The van der Waals surface area contributed by atoms with Crippen molar-refractivity contribution in [1.82, 2.24) is 9.80 Å². The van der Waals surface area contributed by atoms with Crippen molar-refractivity contribution >= 4 is 29.3 Å². The number of fused-ring (bicyclic) bond motifs is 1. The highest BCUT2D eigenvalue weighted by atomic mass is 16.5. The Hall–Kier alpha value is -2.90. The van der Waals surface area contributed by atoms with Crippen molar-refractivity contribution < 1.29 is 23.9 Å². The fourth-order valence-corrected chi connectivity index (χ4v) is 3.85. The topological polar surface area (TPSA) is 96.0 Å². The Bertz CT molecular complexity index is 770. The van der Waals surface area contributed by atoms with Crippen LogP contribution in [0.3, 0.4) is 0 Å². The Morgan fingerprint density at radius 1 is 1.18 bits per heavy atom. The average Bonchev–Trinajstić information content (AvgIpc) is 2.93. The van der Waals surface area contributed by atoms with Crippen LogP contribution < -0.4 is 10.1 Å². The molecule has 2 aliphatic rings. The summed E-state index contributed by atoms with van der Waals surface area (Å²) in [5.41, 5.74) is 0.555. The van der Waals surface area contributed by atoms with E-state index in [9.17, 15) is 19.2 Å². The summed E-state index contributed by atoms with van der Waals surface area (Å²) in [6.07, 6.45) is 3.29. The molecule has 0 spiro atoms. The number of carbonyl (C=O) groups excluding carboxylic acids is 4. The van der Waals surface area contributed by atoms with Crippen molar-refractivity contribution in [2.24, 2.45) is 11.8 Å². The molecule has 1 aliphatic carbocycles. The van der Waals surface area contributed by atoms with Crippen LogP contribution in [0, 0.1) is 11.8 Å². The molecular formula is C20H25N3O5. The molecule has 1 heterocycles. The van der Waals surface area contributed by atoms with Crippen LogP contribution in [0.4, 0.5) is 5.69 Å². The second kappa shape index (κ2) is 8.41. The van der Waals surface area contributed by atoms with E-state index in [0.717, 1.165) is 17.7 Å². The van der Waals surface area contributed by atoms with E-state index >= 15 is 0 Å². The fraction of sp³-hybridized carbons (Fsp3) is 0.500. The van der Waals surface area contributed by atoms with Gasteiger partial charge in [0.2, 0.25) is 23.6 Å². The number of imide groups is 1. The highest BCUT2D eigenvalue weighted by molar-refractivity contribution is 6.07. The van der Waals surface area contributed by atoms with Gasteiger partial charge >= 0.3 is 0 Å². The lowest BCUT2D eigenvalue weighted by atomic mass is 9.81. The molecule has 1 aliphatic heterocycles. The first-order chi connectivity index (χ1) is 13.4. The predicted octanol–water partition coefficient (Wildman–Crippen LogP) is 1.27. The van der Waals surface area contributed by atoms with Crippen molar-refractivity contribution in [3.63, 3.8) is 0 Å². The number of methoxy groups -OCH3 is 1. The molecule has 2 fully saturated rings. The lowest BCUT2D eigenvalue weighted by Gasteiger charge is -2.20. The van der Waals surface area contributed by atoms with Crippen molar-refractivity contribution in [3.05, 3.63) is 24.3 Å². The number of anilines is 1. The first-order valence-corrected chi connectivity index (χ1v) is 9.44. The molecule has 2 atom stereocenters. The molecule has 0 bridgehead atoms. The third-order valence-corrected chi connectivity index (χ3v) is 5.39. The minimum Gasteiger partial charge on any atom is -0.497 e. The van der Waals surface area contributed by atoms with Crippen LogP contribution in [0.5, 0.6) is 5.75 Å². The molecule has 28 heavy (non-hydrogen) atoms. The standard InChI is InChI=1S/C20H25N3O5/c1-22(11-17(24)21-13-6-5-7-14(10-13)28-2)18(25)12-23-19(26)15-8-3-4-9-16(15)20(23)27/h5-7,10,15-16H,3-4,8-9,11-12H2,1-2H3,(H,21,24). The van der Waals surface area contributed by atoms with Gasteiger partial charge in [-0.1, -0.05) is 18.9 Å². The van der Waals surface area contributed by atoms with E-state index < -0.39 is 5.91 Å². The largest absolute Gasteiger partial charge is 0.497 e. The van der Waals surface area contributed by atoms with E-state index in [2.05, 4.69) is 5.32 Å². The summed E-state index contributed by atoms with van der Waals surface area (Å²) in [5, 5.41) is 2.69. The first-order valence-electron chi connectivity index (χ1n) is 9.44. The van der Waals surface area contributed by atoms with Gasteiger partial charge in [-0.05, 0) is 25.0 Å². The Morgan fingerprint density at radius 2 is 1.82 bits per heavy atom. The molecule has 8 heteroatoms. The molecule has 4 amide bonds. The molecule has 0 radical (unpaired) electrons. The summed E-state index contributed by atoms with van der Waals surface area (Å²) in [4.78, 5) is 51.9. The maximum Gasteiger partial charge on any atom is 0.243 e. The van der Waals surface area contributed by atoms with E-state index in [4.69, 9.17) is 4.74 Å². The van der Waals surface area contributed by atoms with Gasteiger partial charge < -0.3 is 15.0 Å². The predicted molar refractivity (Wildman–Crippen MR) is 101 cm³/mol. The molecule has 1 saturated carbocycles. The normalized spacial score (nSPS) is 21.3. The smallest absolute Gasteiger partial charge is 0.243 e. The summed E-state index contributed by atoms with van der Waals surface area (Å²) in [7, 11) is 3.01. The van der Waals surface area contributed by atoms with Gasteiger partial charge in [0.05, 0.1) is 25.5 Å². The van der Waals surface area contributed by atoms with Gasteiger partial charge in [-0.25, -0.2) is 0 Å². The molecule has 150 valence electrons. The Kier molecular flexibility index (Phi) is 5.96. The zero-order valence-electron chi connectivity index (χ0n) is 16.1. The van der Waals surface area contributed by atoms with Crippen LogP contribution in [0.2, 0.25) is 0 Å². The SMILES string of the molecule is COc1cccc(NC(=O)CN(C)C(=O)CN2C(=O)C3CCCCC3C2=O)c1. The van der Waals surface area contributed by atoms with Crippen LogP contribution in [-0.2, 0) is 19.2 Å². The molecule has 1 aromatic carbocycles. The zero-order chi connectivity index (χ0) is 20.3. The second-order valence-electron chi connectivity index (χ2n) is 7.29. The van der Waals surface area contributed by atoms with E-state index in [1.165, 1.54) is 19.1 Å². The van der Waals surface area contributed by atoms with Crippen LogP contribution in [-0.4, -0.2) is 60.7 Å². The van der Waals surface area contributed by atoms with Gasteiger partial charge in [0.25, 0.3) is 0 Å². The number of nitrogens with one attached hydrogen (secondary N) is 1. The Balaban J connectivity index is 1.54. The zero-order valence-corrected chi connectivity index (χ0v) is 16.1. The van der Waals surface area contributed by atoms with Crippen molar-refractivity contribution in [2.45, 2.75) is 25.7 Å². The minimum atomic E-state index is -0.443. The molecule has 1 saturated heterocycles. The fourth-order valence-electron chi connectivity index (χ4n) is 3.85. The Labute approximate surface area is 163 Å². The van der Waals surface area contributed by atoms with E-state index in [1.807, 2.05) is 0 Å². The number of nitrogens with zero attached hydrogens (tertiary/aromatic N) is 2. The van der Waals surface area contributed by atoms with Gasteiger partial charge in [-0.15, -0.1) is 0 Å². The van der Waals surface area contributed by atoms with Gasteiger partial charge in [-0.3, -0.25) is 24.1 Å². The molecule has 8 nitrogen and oxygen atoms in total. The number of amides is 4. The molecule has 3 rings (SSSR count). The van der Waals surface area contributed by atoms with Gasteiger partial charge in [0.15, 0.2) is 0 Å². The quantitative estimate of drug-likeness (QED) is 0.742. The summed E-state index contributed by atoms with van der Waals surface area (Å²) in [6.45, 7) is -0.493. The number of benzene rings is 1. The molecule has 1 N–H and O–H groups in total. The van der Waals surface area contributed by atoms with Gasteiger partial charge in [0, 0.05) is 18.8 Å². The van der Waals surface area contributed by atoms with Crippen LogP contribution >= 0.6 is 0 Å². The van der Waals surface area contributed by atoms with E-state index in [0.29, 0.717) is 24.3 Å². The number of likely N-dealkylation sites (tertiary alicyclic amines) is 1. The molecule has 1 aromatic rings. The minimum absolute atomic E-state index is 0.181. The van der Waals surface area contributed by atoms with Crippen molar-refractivity contribution in [3.8, 4) is 5.75 Å². The maximum atomic E-state index is 12.5. The van der Waals surface area contributed by atoms with Gasteiger partial charge in [0.1, 0.15) is 12.3 Å². The lowest BCUT2D eigenvalue weighted by molar-refractivity contribution is -0.146.